The van der Waals surface area contributed by atoms with Gasteiger partial charge in [-0.05, 0) is 37.3 Å². The monoisotopic (exact) mass is 448 g/mol. The van der Waals surface area contributed by atoms with Crippen molar-refractivity contribution in [3.05, 3.63) is 40.6 Å². The van der Waals surface area contributed by atoms with E-state index in [0.717, 1.165) is 11.0 Å². The SMILES string of the molecule is Cc1cc(NC(=O)Cn2c(=O)oc3cc(S(=O)(=O)N4CC(C)CC(C)C4)ccc32)no1. The average Bonchev–Trinajstić information content (AvgIpc) is 3.23. The molecule has 2 unspecified atom stereocenters. The molecule has 166 valence electrons. The highest BCUT2D eigenvalue weighted by atomic mass is 32.2. The molecule has 1 amide bonds. The first-order valence-electron chi connectivity index (χ1n) is 10.00. The van der Waals surface area contributed by atoms with Gasteiger partial charge in [0, 0.05) is 25.2 Å². The molecular weight excluding hydrogens is 424 g/mol. The lowest BCUT2D eigenvalue weighted by molar-refractivity contribution is -0.116. The molecule has 0 aliphatic carbocycles. The van der Waals surface area contributed by atoms with Gasteiger partial charge in [0.15, 0.2) is 11.4 Å². The summed E-state index contributed by atoms with van der Waals surface area (Å²) < 4.78 is 39.0. The second-order valence-corrected chi connectivity index (χ2v) is 10.2. The van der Waals surface area contributed by atoms with Gasteiger partial charge in [0.05, 0.1) is 10.4 Å². The molecular formula is C20H24N4O6S. The van der Waals surface area contributed by atoms with E-state index in [-0.39, 0.29) is 34.7 Å². The Kier molecular flexibility index (Phi) is 5.48. The lowest BCUT2D eigenvalue weighted by Gasteiger charge is -2.34. The van der Waals surface area contributed by atoms with Crippen LogP contribution in [0.25, 0.3) is 11.1 Å². The lowest BCUT2D eigenvalue weighted by atomic mass is 9.94. The Balaban J connectivity index is 1.59. The number of oxazole rings is 1. The molecule has 2 atom stereocenters. The average molecular weight is 449 g/mol. The summed E-state index contributed by atoms with van der Waals surface area (Å²) in [5.74, 6) is 0.0677. The maximum absolute atomic E-state index is 13.1. The van der Waals surface area contributed by atoms with E-state index in [1.807, 2.05) is 13.8 Å². The Labute approximate surface area is 178 Å². The summed E-state index contributed by atoms with van der Waals surface area (Å²) in [7, 11) is -3.72. The van der Waals surface area contributed by atoms with Crippen molar-refractivity contribution in [2.75, 3.05) is 18.4 Å². The number of piperidine rings is 1. The molecule has 2 aromatic heterocycles. The van der Waals surface area contributed by atoms with Crippen molar-refractivity contribution < 1.29 is 22.2 Å². The molecule has 1 aromatic carbocycles. The highest BCUT2D eigenvalue weighted by Crippen LogP contribution is 2.28. The van der Waals surface area contributed by atoms with Gasteiger partial charge in [-0.2, -0.15) is 4.31 Å². The van der Waals surface area contributed by atoms with Gasteiger partial charge in [-0.15, -0.1) is 0 Å². The van der Waals surface area contributed by atoms with E-state index in [2.05, 4.69) is 10.5 Å². The fourth-order valence-electron chi connectivity index (χ4n) is 4.06. The molecule has 10 nitrogen and oxygen atoms in total. The minimum absolute atomic E-state index is 0.0599. The zero-order valence-corrected chi connectivity index (χ0v) is 18.3. The van der Waals surface area contributed by atoms with Crippen molar-refractivity contribution in [1.29, 1.82) is 0 Å². The summed E-state index contributed by atoms with van der Waals surface area (Å²) in [5, 5.41) is 6.21. The maximum Gasteiger partial charge on any atom is 0.420 e. The van der Waals surface area contributed by atoms with E-state index in [1.165, 1.54) is 22.5 Å². The molecule has 31 heavy (non-hydrogen) atoms. The van der Waals surface area contributed by atoms with Crippen LogP contribution in [0, 0.1) is 18.8 Å². The van der Waals surface area contributed by atoms with Crippen molar-refractivity contribution in [2.45, 2.75) is 38.6 Å². The van der Waals surface area contributed by atoms with Crippen LogP contribution in [0.15, 0.2) is 42.9 Å². The Morgan fingerprint density at radius 1 is 1.23 bits per heavy atom. The highest BCUT2D eigenvalue weighted by Gasteiger charge is 2.32. The number of aryl methyl sites for hydroxylation is 1. The molecule has 0 bridgehead atoms. The lowest BCUT2D eigenvalue weighted by Crippen LogP contribution is -2.42. The molecule has 0 spiro atoms. The van der Waals surface area contributed by atoms with Gasteiger partial charge < -0.3 is 14.3 Å². The molecule has 1 aliphatic rings. The summed E-state index contributed by atoms with van der Waals surface area (Å²) in [6, 6.07) is 5.81. The van der Waals surface area contributed by atoms with Crippen LogP contribution in [0.2, 0.25) is 0 Å². The predicted octanol–water partition coefficient (Wildman–Crippen LogP) is 2.20. The van der Waals surface area contributed by atoms with Gasteiger partial charge in [-0.3, -0.25) is 9.36 Å². The van der Waals surface area contributed by atoms with Crippen LogP contribution < -0.4 is 11.1 Å². The summed E-state index contributed by atoms with van der Waals surface area (Å²) in [4.78, 5) is 24.6. The first-order valence-corrected chi connectivity index (χ1v) is 11.4. The van der Waals surface area contributed by atoms with E-state index in [9.17, 15) is 18.0 Å². The Morgan fingerprint density at radius 2 is 1.94 bits per heavy atom. The number of benzene rings is 1. The van der Waals surface area contributed by atoms with E-state index in [0.29, 0.717) is 24.4 Å². The van der Waals surface area contributed by atoms with Crippen LogP contribution in [0.3, 0.4) is 0 Å². The first-order chi connectivity index (χ1) is 14.6. The van der Waals surface area contributed by atoms with Gasteiger partial charge in [-0.1, -0.05) is 19.0 Å². The minimum atomic E-state index is -3.72. The molecule has 11 heteroatoms. The number of nitrogens with zero attached hydrogens (tertiary/aromatic N) is 3. The smallest absolute Gasteiger partial charge is 0.408 e. The quantitative estimate of drug-likeness (QED) is 0.634. The maximum atomic E-state index is 13.1. The number of carbonyl (C=O) groups excluding carboxylic acids is 1. The Bertz CT molecular complexity index is 1280. The van der Waals surface area contributed by atoms with Crippen LogP contribution >= 0.6 is 0 Å². The normalized spacial score (nSPS) is 20.2. The van der Waals surface area contributed by atoms with Crippen molar-refractivity contribution in [3.63, 3.8) is 0 Å². The van der Waals surface area contributed by atoms with Crippen LogP contribution in [0.4, 0.5) is 5.82 Å². The fourth-order valence-corrected chi connectivity index (χ4v) is 5.75. The second-order valence-electron chi connectivity index (χ2n) is 8.22. The molecule has 3 heterocycles. The van der Waals surface area contributed by atoms with Gasteiger partial charge in [0.25, 0.3) is 0 Å². The largest absolute Gasteiger partial charge is 0.420 e. The number of rotatable bonds is 5. The molecule has 3 aromatic rings. The van der Waals surface area contributed by atoms with E-state index in [4.69, 9.17) is 8.94 Å². The van der Waals surface area contributed by atoms with Crippen molar-refractivity contribution in [1.82, 2.24) is 14.0 Å². The predicted molar refractivity (Wildman–Crippen MR) is 112 cm³/mol. The van der Waals surface area contributed by atoms with Crippen LogP contribution in [0.1, 0.15) is 26.0 Å². The van der Waals surface area contributed by atoms with E-state index in [1.54, 1.807) is 13.0 Å². The molecule has 1 saturated heterocycles. The number of hydrogen-bond donors (Lipinski definition) is 1. The molecule has 1 fully saturated rings. The zero-order chi connectivity index (χ0) is 22.3. The fraction of sp³-hybridized carbons (Fsp3) is 0.450. The summed E-state index contributed by atoms with van der Waals surface area (Å²) >= 11 is 0. The number of anilines is 1. The van der Waals surface area contributed by atoms with Crippen molar-refractivity contribution in [2.24, 2.45) is 11.8 Å². The van der Waals surface area contributed by atoms with Crippen LogP contribution in [0.5, 0.6) is 0 Å². The van der Waals surface area contributed by atoms with Gasteiger partial charge >= 0.3 is 5.76 Å². The van der Waals surface area contributed by atoms with Gasteiger partial charge in [-0.25, -0.2) is 13.2 Å². The van der Waals surface area contributed by atoms with Gasteiger partial charge in [0.1, 0.15) is 12.3 Å². The number of nitrogens with one attached hydrogen (secondary N) is 1. The second kappa shape index (κ2) is 7.97. The molecule has 4 rings (SSSR count). The summed E-state index contributed by atoms with van der Waals surface area (Å²) in [6.07, 6.45) is 0.985. The number of hydrogen-bond acceptors (Lipinski definition) is 7. The Hall–Kier alpha value is -2.92. The summed E-state index contributed by atoms with van der Waals surface area (Å²) in [6.45, 7) is 6.35. The van der Waals surface area contributed by atoms with Crippen molar-refractivity contribution in [3.8, 4) is 0 Å². The van der Waals surface area contributed by atoms with Crippen molar-refractivity contribution >= 4 is 32.8 Å². The number of carbonyl (C=O) groups is 1. The number of fused-ring (bicyclic) bond motifs is 1. The topological polar surface area (TPSA) is 128 Å². The minimum Gasteiger partial charge on any atom is -0.408 e. The third-order valence-corrected chi connectivity index (χ3v) is 7.14. The zero-order valence-electron chi connectivity index (χ0n) is 17.5. The third-order valence-electron chi connectivity index (χ3n) is 5.31. The van der Waals surface area contributed by atoms with E-state index < -0.39 is 21.7 Å². The third kappa shape index (κ3) is 4.28. The standard InChI is InChI=1S/C20H24N4O6S/c1-12-6-13(2)10-23(9-12)31(27,28)15-4-5-16-17(8-15)29-20(26)24(16)11-19(25)21-18-7-14(3)30-22-18/h4-5,7-8,12-13H,6,9-11H2,1-3H3,(H,21,22,25). The number of aromatic nitrogens is 2. The molecule has 1 aliphatic heterocycles. The first kappa shape index (κ1) is 21.3. The van der Waals surface area contributed by atoms with E-state index >= 15 is 0 Å². The number of sulfonamides is 1. The summed E-state index contributed by atoms with van der Waals surface area (Å²) in [5.41, 5.74) is 0.435. The number of amides is 1. The van der Waals surface area contributed by atoms with Gasteiger partial charge in [0.2, 0.25) is 15.9 Å². The molecule has 1 N–H and O–H groups in total. The van der Waals surface area contributed by atoms with Crippen LogP contribution in [-0.4, -0.2) is 41.4 Å². The van der Waals surface area contributed by atoms with Crippen LogP contribution in [-0.2, 0) is 21.4 Å². The highest BCUT2D eigenvalue weighted by molar-refractivity contribution is 7.89. The molecule has 0 radical (unpaired) electrons. The Morgan fingerprint density at radius 3 is 2.58 bits per heavy atom. The molecule has 0 saturated carbocycles.